The predicted molar refractivity (Wildman–Crippen MR) is 88.4 cm³/mol. The molecule has 2 heterocycles. The zero-order chi connectivity index (χ0) is 16.0. The lowest BCUT2D eigenvalue weighted by Crippen LogP contribution is -2.39. The van der Waals surface area contributed by atoms with Crippen LogP contribution in [0.1, 0.15) is 27.9 Å². The van der Waals surface area contributed by atoms with Crippen LogP contribution in [-0.4, -0.2) is 29.8 Å². The van der Waals surface area contributed by atoms with Crippen LogP contribution in [0, 0.1) is 6.92 Å². The minimum absolute atomic E-state index is 0.00255. The third-order valence-electron chi connectivity index (χ3n) is 4.95. The highest BCUT2D eigenvalue weighted by molar-refractivity contribution is 6.07. The summed E-state index contributed by atoms with van der Waals surface area (Å²) in [5, 5.41) is 2.96. The Kier molecular flexibility index (Phi) is 3.01. The van der Waals surface area contributed by atoms with Crippen molar-refractivity contribution in [1.82, 2.24) is 4.90 Å². The number of aryl methyl sites for hydroxylation is 1. The zero-order valence-electron chi connectivity index (χ0n) is 13.0. The van der Waals surface area contributed by atoms with Crippen molar-refractivity contribution < 1.29 is 9.59 Å². The van der Waals surface area contributed by atoms with Crippen LogP contribution in [0.4, 0.5) is 5.69 Å². The highest BCUT2D eigenvalue weighted by Crippen LogP contribution is 2.44. The molecule has 0 aromatic heterocycles. The summed E-state index contributed by atoms with van der Waals surface area (Å²) in [5.74, 6) is 0.0148. The number of carbonyl (C=O) groups excluding carboxylic acids is 2. The summed E-state index contributed by atoms with van der Waals surface area (Å²) in [7, 11) is 0. The molecule has 2 aromatic carbocycles. The van der Waals surface area contributed by atoms with Crippen molar-refractivity contribution in [2.24, 2.45) is 0 Å². The van der Waals surface area contributed by atoms with Gasteiger partial charge in [-0.05, 0) is 37.1 Å². The normalized spacial score (nSPS) is 22.3. The molecule has 2 aromatic rings. The van der Waals surface area contributed by atoms with Crippen LogP contribution in [0.25, 0.3) is 0 Å². The minimum atomic E-state index is -0.587. The molecule has 2 amide bonds. The summed E-state index contributed by atoms with van der Waals surface area (Å²) in [6, 6.07) is 15.4. The van der Waals surface area contributed by atoms with Gasteiger partial charge in [0.2, 0.25) is 5.91 Å². The monoisotopic (exact) mass is 306 g/mol. The average Bonchev–Trinajstić information content (AvgIpc) is 3.11. The van der Waals surface area contributed by atoms with E-state index in [-0.39, 0.29) is 11.8 Å². The van der Waals surface area contributed by atoms with Crippen molar-refractivity contribution >= 4 is 17.5 Å². The molecule has 0 unspecified atom stereocenters. The van der Waals surface area contributed by atoms with E-state index in [9.17, 15) is 9.59 Å². The number of fused-ring (bicyclic) bond motifs is 2. The van der Waals surface area contributed by atoms with Crippen molar-refractivity contribution in [3.8, 4) is 0 Å². The molecule has 0 aliphatic carbocycles. The second kappa shape index (κ2) is 4.95. The van der Waals surface area contributed by atoms with Crippen molar-refractivity contribution in [3.05, 3.63) is 65.2 Å². The van der Waals surface area contributed by atoms with Gasteiger partial charge in [0.25, 0.3) is 5.91 Å². The van der Waals surface area contributed by atoms with Crippen LogP contribution in [-0.2, 0) is 10.2 Å². The van der Waals surface area contributed by atoms with Crippen molar-refractivity contribution in [2.75, 3.05) is 18.4 Å². The van der Waals surface area contributed by atoms with E-state index in [0.29, 0.717) is 25.1 Å². The molecule has 1 fully saturated rings. The van der Waals surface area contributed by atoms with Gasteiger partial charge in [-0.1, -0.05) is 35.9 Å². The summed E-state index contributed by atoms with van der Waals surface area (Å²) in [5.41, 5.74) is 3.06. The molecule has 1 N–H and O–H groups in total. The maximum atomic E-state index is 12.8. The SMILES string of the molecule is Cc1cccc(C(=O)N2CC[C@]3(C2)C(=O)Nc2ccccc23)c1. The molecule has 4 rings (SSSR count). The Hall–Kier alpha value is -2.62. The third kappa shape index (κ3) is 2.05. The van der Waals surface area contributed by atoms with Gasteiger partial charge in [-0.15, -0.1) is 0 Å². The fourth-order valence-electron chi connectivity index (χ4n) is 3.72. The lowest BCUT2D eigenvalue weighted by Gasteiger charge is -2.22. The first-order valence-corrected chi connectivity index (χ1v) is 7.87. The summed E-state index contributed by atoms with van der Waals surface area (Å²) in [4.78, 5) is 27.1. The fraction of sp³-hybridized carbons (Fsp3) is 0.263. The van der Waals surface area contributed by atoms with Crippen molar-refractivity contribution in [2.45, 2.75) is 18.8 Å². The Morgan fingerprint density at radius 3 is 2.83 bits per heavy atom. The molecular weight excluding hydrogens is 288 g/mol. The molecule has 1 saturated heterocycles. The lowest BCUT2D eigenvalue weighted by molar-refractivity contribution is -0.120. The van der Waals surface area contributed by atoms with E-state index in [2.05, 4.69) is 5.32 Å². The molecule has 1 atom stereocenters. The van der Waals surface area contributed by atoms with Gasteiger partial charge in [-0.2, -0.15) is 0 Å². The number of carbonyl (C=O) groups is 2. The largest absolute Gasteiger partial charge is 0.337 e. The van der Waals surface area contributed by atoms with Crippen LogP contribution in [0.2, 0.25) is 0 Å². The predicted octanol–water partition coefficient (Wildman–Crippen LogP) is 2.73. The molecule has 2 aliphatic rings. The van der Waals surface area contributed by atoms with Crippen molar-refractivity contribution in [3.63, 3.8) is 0 Å². The number of likely N-dealkylation sites (tertiary alicyclic amines) is 1. The number of hydrogen-bond acceptors (Lipinski definition) is 2. The second-order valence-corrected chi connectivity index (χ2v) is 6.43. The Bertz CT molecular complexity index is 815. The first-order valence-electron chi connectivity index (χ1n) is 7.87. The molecule has 4 heteroatoms. The van der Waals surface area contributed by atoms with Crippen LogP contribution in [0.15, 0.2) is 48.5 Å². The van der Waals surface area contributed by atoms with Gasteiger partial charge in [-0.25, -0.2) is 0 Å². The molecular formula is C19H18N2O2. The highest BCUT2D eigenvalue weighted by Gasteiger charge is 2.51. The number of rotatable bonds is 1. The number of benzene rings is 2. The maximum absolute atomic E-state index is 12.8. The number of anilines is 1. The number of nitrogens with zero attached hydrogens (tertiary/aromatic N) is 1. The molecule has 4 nitrogen and oxygen atoms in total. The zero-order valence-corrected chi connectivity index (χ0v) is 13.0. The maximum Gasteiger partial charge on any atom is 0.253 e. The quantitative estimate of drug-likeness (QED) is 0.880. The van der Waals surface area contributed by atoms with Crippen LogP contribution >= 0.6 is 0 Å². The molecule has 116 valence electrons. The highest BCUT2D eigenvalue weighted by atomic mass is 16.2. The average molecular weight is 306 g/mol. The molecule has 0 saturated carbocycles. The van der Waals surface area contributed by atoms with Gasteiger partial charge in [0, 0.05) is 24.3 Å². The molecule has 1 spiro atoms. The first kappa shape index (κ1) is 14.0. The Morgan fingerprint density at radius 1 is 1.17 bits per heavy atom. The summed E-state index contributed by atoms with van der Waals surface area (Å²) in [6.45, 7) is 3.03. The number of nitrogens with one attached hydrogen (secondary N) is 1. The lowest BCUT2D eigenvalue weighted by atomic mass is 9.81. The second-order valence-electron chi connectivity index (χ2n) is 6.43. The van der Waals surface area contributed by atoms with Crippen LogP contribution < -0.4 is 5.32 Å². The first-order chi connectivity index (χ1) is 11.1. The van der Waals surface area contributed by atoms with E-state index in [0.717, 1.165) is 16.8 Å². The van der Waals surface area contributed by atoms with E-state index >= 15 is 0 Å². The molecule has 0 radical (unpaired) electrons. The summed E-state index contributed by atoms with van der Waals surface area (Å²) < 4.78 is 0. The molecule has 0 bridgehead atoms. The van der Waals surface area contributed by atoms with Gasteiger partial charge in [0.15, 0.2) is 0 Å². The Morgan fingerprint density at radius 2 is 2.00 bits per heavy atom. The summed E-state index contributed by atoms with van der Waals surface area (Å²) >= 11 is 0. The number of para-hydroxylation sites is 1. The van der Waals surface area contributed by atoms with Gasteiger partial charge >= 0.3 is 0 Å². The fourth-order valence-corrected chi connectivity index (χ4v) is 3.72. The molecule has 23 heavy (non-hydrogen) atoms. The van der Waals surface area contributed by atoms with Gasteiger partial charge in [0.1, 0.15) is 0 Å². The molecule has 2 aliphatic heterocycles. The van der Waals surface area contributed by atoms with Gasteiger partial charge < -0.3 is 10.2 Å². The van der Waals surface area contributed by atoms with E-state index in [1.165, 1.54) is 0 Å². The van der Waals surface area contributed by atoms with Crippen LogP contribution in [0.3, 0.4) is 0 Å². The van der Waals surface area contributed by atoms with E-state index in [1.54, 1.807) is 4.90 Å². The Balaban J connectivity index is 1.65. The van der Waals surface area contributed by atoms with E-state index in [4.69, 9.17) is 0 Å². The third-order valence-corrected chi connectivity index (χ3v) is 4.95. The Labute approximate surface area is 135 Å². The topological polar surface area (TPSA) is 49.4 Å². The minimum Gasteiger partial charge on any atom is -0.337 e. The van der Waals surface area contributed by atoms with E-state index < -0.39 is 5.41 Å². The van der Waals surface area contributed by atoms with Crippen molar-refractivity contribution in [1.29, 1.82) is 0 Å². The number of hydrogen-bond donors (Lipinski definition) is 1. The van der Waals surface area contributed by atoms with E-state index in [1.807, 2.05) is 55.5 Å². The van der Waals surface area contributed by atoms with Gasteiger partial charge in [0.05, 0.1) is 5.41 Å². The van der Waals surface area contributed by atoms with Gasteiger partial charge in [-0.3, -0.25) is 9.59 Å². The standard InChI is InChI=1S/C19H18N2O2/c1-13-5-4-6-14(11-13)17(22)21-10-9-19(12-21)15-7-2-3-8-16(15)20-18(19)23/h2-8,11H,9-10,12H2,1H3,(H,20,23)/t19-/m1/s1. The smallest absolute Gasteiger partial charge is 0.253 e. The van der Waals surface area contributed by atoms with Crippen LogP contribution in [0.5, 0.6) is 0 Å². The number of amides is 2. The summed E-state index contributed by atoms with van der Waals surface area (Å²) in [6.07, 6.45) is 0.674.